The van der Waals surface area contributed by atoms with Crippen LogP contribution in [-0.4, -0.2) is 55.0 Å². The molecule has 5 heteroatoms. The molecule has 0 radical (unpaired) electrons. The average molecular weight is 233 g/mol. The lowest BCUT2D eigenvalue weighted by Crippen LogP contribution is -2.53. The number of rotatable bonds is 4. The molecule has 0 spiro atoms. The Labute approximate surface area is 102 Å². The summed E-state index contributed by atoms with van der Waals surface area (Å²) in [6.45, 7) is 5.26. The van der Waals surface area contributed by atoms with Crippen LogP contribution >= 0.6 is 0 Å². The summed E-state index contributed by atoms with van der Waals surface area (Å²) in [4.78, 5) is 9.17. The van der Waals surface area contributed by atoms with Crippen molar-refractivity contribution in [2.45, 2.75) is 19.1 Å². The predicted octanol–water partition coefficient (Wildman–Crippen LogP) is 0.379. The van der Waals surface area contributed by atoms with Gasteiger partial charge in [-0.05, 0) is 19.0 Å². The number of hydrogen-bond acceptors (Lipinski definition) is 5. The second kappa shape index (κ2) is 6.38. The summed E-state index contributed by atoms with van der Waals surface area (Å²) in [5.41, 5.74) is 0. The molecule has 2 heterocycles. The summed E-state index contributed by atoms with van der Waals surface area (Å²) in [6.07, 6.45) is 7.46. The van der Waals surface area contributed by atoms with E-state index >= 15 is 0 Å². The highest BCUT2D eigenvalue weighted by molar-refractivity contribution is 5.71. The van der Waals surface area contributed by atoms with E-state index in [4.69, 9.17) is 5.26 Å². The molecule has 1 unspecified atom stereocenters. The first-order valence-electron chi connectivity index (χ1n) is 6.18. The summed E-state index contributed by atoms with van der Waals surface area (Å²) in [5.74, 6) is 0. The van der Waals surface area contributed by atoms with Gasteiger partial charge in [0.05, 0.1) is 6.07 Å². The van der Waals surface area contributed by atoms with Crippen molar-refractivity contribution in [2.75, 3.05) is 32.7 Å². The van der Waals surface area contributed by atoms with E-state index in [0.29, 0.717) is 6.42 Å². The number of nitrogens with zero attached hydrogens (tertiary/aromatic N) is 4. The quantitative estimate of drug-likeness (QED) is 0.713. The molecule has 2 aliphatic heterocycles. The summed E-state index contributed by atoms with van der Waals surface area (Å²) in [6, 6.07) is 2.19. The molecule has 2 rings (SSSR count). The number of aliphatic imine (C=N–C) groups is 1. The maximum atomic E-state index is 8.50. The van der Waals surface area contributed by atoms with Crippen LogP contribution in [0.3, 0.4) is 0 Å². The maximum absolute atomic E-state index is 8.50. The fourth-order valence-corrected chi connectivity index (χ4v) is 2.17. The molecule has 1 N–H and O–H groups in total. The van der Waals surface area contributed by atoms with Gasteiger partial charge in [-0.15, -0.1) is 0 Å². The molecule has 5 nitrogen and oxygen atoms in total. The van der Waals surface area contributed by atoms with Crippen LogP contribution in [0.15, 0.2) is 17.3 Å². The van der Waals surface area contributed by atoms with Gasteiger partial charge in [-0.2, -0.15) is 5.26 Å². The Kier molecular flexibility index (Phi) is 4.54. The van der Waals surface area contributed by atoms with E-state index < -0.39 is 0 Å². The molecule has 0 aromatic rings. The van der Waals surface area contributed by atoms with Gasteiger partial charge in [0.25, 0.3) is 0 Å². The Bertz CT molecular complexity index is 322. The van der Waals surface area contributed by atoms with Crippen LogP contribution in [0.4, 0.5) is 0 Å². The summed E-state index contributed by atoms with van der Waals surface area (Å²) in [5, 5.41) is 11.7. The molecule has 2 aliphatic rings. The first-order valence-corrected chi connectivity index (χ1v) is 6.18. The topological polar surface area (TPSA) is 54.7 Å². The van der Waals surface area contributed by atoms with Crippen LogP contribution in [-0.2, 0) is 0 Å². The molecule has 0 aromatic carbocycles. The number of unbranched alkanes of at least 4 members (excludes halogenated alkanes) is 1. The third kappa shape index (κ3) is 3.55. The Morgan fingerprint density at radius 2 is 2.18 bits per heavy atom. The Hall–Kier alpha value is -1.38. The van der Waals surface area contributed by atoms with Gasteiger partial charge in [0.2, 0.25) is 0 Å². The highest BCUT2D eigenvalue weighted by atomic mass is 15.4. The van der Waals surface area contributed by atoms with Crippen LogP contribution in [0.5, 0.6) is 0 Å². The highest BCUT2D eigenvalue weighted by Gasteiger charge is 2.22. The molecule has 0 bridgehead atoms. The second-order valence-electron chi connectivity index (χ2n) is 4.34. The van der Waals surface area contributed by atoms with Crippen LogP contribution in [0.25, 0.3) is 0 Å². The van der Waals surface area contributed by atoms with Gasteiger partial charge in [-0.3, -0.25) is 9.89 Å². The SMILES string of the molecule is N#CCCCN1CCN(C2N=CC=CN2)CC1. The van der Waals surface area contributed by atoms with Crippen molar-refractivity contribution in [1.82, 2.24) is 15.1 Å². The van der Waals surface area contributed by atoms with Crippen molar-refractivity contribution in [3.8, 4) is 6.07 Å². The van der Waals surface area contributed by atoms with Gasteiger partial charge >= 0.3 is 0 Å². The molecule has 1 fully saturated rings. The maximum Gasteiger partial charge on any atom is 0.175 e. The molecule has 1 atom stereocenters. The van der Waals surface area contributed by atoms with Crippen molar-refractivity contribution in [1.29, 1.82) is 5.26 Å². The van der Waals surface area contributed by atoms with Crippen LogP contribution < -0.4 is 5.32 Å². The van der Waals surface area contributed by atoms with E-state index in [2.05, 4.69) is 26.2 Å². The summed E-state index contributed by atoms with van der Waals surface area (Å²) in [7, 11) is 0. The molecule has 92 valence electrons. The molecular weight excluding hydrogens is 214 g/mol. The van der Waals surface area contributed by atoms with E-state index in [1.165, 1.54) is 0 Å². The lowest BCUT2D eigenvalue weighted by Gasteiger charge is -2.38. The molecule has 1 saturated heterocycles. The van der Waals surface area contributed by atoms with E-state index in [-0.39, 0.29) is 6.29 Å². The largest absolute Gasteiger partial charge is 0.358 e. The first kappa shape index (κ1) is 12.1. The van der Waals surface area contributed by atoms with Gasteiger partial charge in [0.15, 0.2) is 6.29 Å². The van der Waals surface area contributed by atoms with E-state index in [9.17, 15) is 0 Å². The molecule has 0 saturated carbocycles. The van der Waals surface area contributed by atoms with Crippen molar-refractivity contribution < 1.29 is 0 Å². The fraction of sp³-hybridized carbons (Fsp3) is 0.667. The standard InChI is InChI=1S/C12H19N5/c13-4-1-2-7-16-8-10-17(11-9-16)12-14-5-3-6-15-12/h3,5-6,12,14H,1-2,7-11H2. The van der Waals surface area contributed by atoms with E-state index in [1.807, 2.05) is 18.5 Å². The van der Waals surface area contributed by atoms with Gasteiger partial charge in [-0.25, -0.2) is 0 Å². The number of nitriles is 1. The van der Waals surface area contributed by atoms with Crippen molar-refractivity contribution >= 4 is 6.21 Å². The monoisotopic (exact) mass is 233 g/mol. The fourth-order valence-electron chi connectivity index (χ4n) is 2.17. The summed E-state index contributed by atoms with van der Waals surface area (Å²) < 4.78 is 0. The third-order valence-electron chi connectivity index (χ3n) is 3.17. The zero-order valence-corrected chi connectivity index (χ0v) is 10.0. The van der Waals surface area contributed by atoms with Gasteiger partial charge in [0, 0.05) is 45.0 Å². The Morgan fingerprint density at radius 3 is 2.82 bits per heavy atom. The first-order chi connectivity index (χ1) is 8.40. The average Bonchev–Trinajstić information content (AvgIpc) is 2.41. The van der Waals surface area contributed by atoms with Crippen molar-refractivity contribution in [2.24, 2.45) is 4.99 Å². The number of hydrogen-bond donors (Lipinski definition) is 1. The lowest BCUT2D eigenvalue weighted by atomic mass is 10.2. The third-order valence-corrected chi connectivity index (χ3v) is 3.17. The smallest absolute Gasteiger partial charge is 0.175 e. The van der Waals surface area contributed by atoms with Gasteiger partial charge in [0.1, 0.15) is 0 Å². The minimum Gasteiger partial charge on any atom is -0.358 e. The molecular formula is C12H19N5. The van der Waals surface area contributed by atoms with E-state index in [0.717, 1.165) is 39.1 Å². The van der Waals surface area contributed by atoms with E-state index in [1.54, 1.807) is 0 Å². The van der Waals surface area contributed by atoms with Crippen LogP contribution in [0.1, 0.15) is 12.8 Å². The zero-order chi connectivity index (χ0) is 11.9. The van der Waals surface area contributed by atoms with Crippen LogP contribution in [0.2, 0.25) is 0 Å². The summed E-state index contributed by atoms with van der Waals surface area (Å²) >= 11 is 0. The van der Waals surface area contributed by atoms with Crippen molar-refractivity contribution in [3.63, 3.8) is 0 Å². The zero-order valence-electron chi connectivity index (χ0n) is 10.0. The van der Waals surface area contributed by atoms with Gasteiger partial charge in [-0.1, -0.05) is 0 Å². The molecule has 0 aromatic heterocycles. The number of nitrogens with one attached hydrogen (secondary N) is 1. The lowest BCUT2D eigenvalue weighted by molar-refractivity contribution is 0.0901. The second-order valence-corrected chi connectivity index (χ2v) is 4.34. The number of allylic oxidation sites excluding steroid dienone is 1. The Morgan fingerprint density at radius 1 is 1.35 bits per heavy atom. The number of piperazine rings is 1. The normalized spacial score (nSPS) is 25.5. The molecule has 0 amide bonds. The van der Waals surface area contributed by atoms with Gasteiger partial charge < -0.3 is 10.2 Å². The Balaban J connectivity index is 1.69. The predicted molar refractivity (Wildman–Crippen MR) is 67.4 cm³/mol. The minimum absolute atomic E-state index is 0.112. The van der Waals surface area contributed by atoms with Crippen LogP contribution in [0, 0.1) is 11.3 Å². The molecule has 0 aliphatic carbocycles. The minimum atomic E-state index is 0.112. The van der Waals surface area contributed by atoms with Crippen molar-refractivity contribution in [3.05, 3.63) is 12.3 Å². The molecule has 17 heavy (non-hydrogen) atoms. The highest BCUT2D eigenvalue weighted by Crippen LogP contribution is 2.07.